The molecule has 1 aromatic carbocycles. The number of phenolic OH excluding ortho intramolecular Hbond substituents is 1. The highest BCUT2D eigenvalue weighted by molar-refractivity contribution is 5.90. The van der Waals surface area contributed by atoms with E-state index in [4.69, 9.17) is 4.74 Å². The summed E-state index contributed by atoms with van der Waals surface area (Å²) in [5, 5.41) is 43.5. The molecule has 3 fully saturated rings. The second-order valence-electron chi connectivity index (χ2n) is 9.85. The van der Waals surface area contributed by atoms with Crippen LogP contribution >= 0.6 is 0 Å². The molecule has 7 heteroatoms. The number of nitrogens with zero attached hydrogens (tertiary/aromatic N) is 1. The highest BCUT2D eigenvalue weighted by Gasteiger charge is 2.79. The zero-order chi connectivity index (χ0) is 19.6. The summed E-state index contributed by atoms with van der Waals surface area (Å²) in [7, 11) is 2.10. The summed E-state index contributed by atoms with van der Waals surface area (Å²) in [6, 6.07) is 3.16. The van der Waals surface area contributed by atoms with Crippen LogP contribution in [0.4, 0.5) is 0 Å². The predicted octanol–water partition coefficient (Wildman–Crippen LogP) is -0.388. The van der Waals surface area contributed by atoms with Crippen LogP contribution in [0.5, 0.6) is 11.5 Å². The lowest BCUT2D eigenvalue weighted by molar-refractivity contribution is -0.951. The number of benzene rings is 1. The highest BCUT2D eigenvalue weighted by atomic mass is 16.5. The number of aliphatic hydroxyl groups excluding tert-OH is 2. The fraction of sp³-hybridized carbons (Fsp3) is 0.667. The van der Waals surface area contributed by atoms with E-state index in [1.165, 1.54) is 0 Å². The van der Waals surface area contributed by atoms with Crippen LogP contribution in [0.15, 0.2) is 12.1 Å². The molecular weight excluding hydrogens is 362 g/mol. The Morgan fingerprint density at radius 1 is 1.29 bits per heavy atom. The Balaban J connectivity index is 1.59. The van der Waals surface area contributed by atoms with Crippen LogP contribution in [-0.4, -0.2) is 80.8 Å². The molecule has 3 unspecified atom stereocenters. The summed E-state index contributed by atoms with van der Waals surface area (Å²) >= 11 is 0. The van der Waals surface area contributed by atoms with Crippen molar-refractivity contribution in [2.24, 2.45) is 5.92 Å². The number of phenols is 1. The molecule has 0 amide bonds. The van der Waals surface area contributed by atoms with Crippen LogP contribution in [-0.2, 0) is 16.6 Å². The number of piperidine rings is 1. The maximum absolute atomic E-state index is 12.9. The molecule has 6 rings (SSSR count). The first-order valence-electron chi connectivity index (χ1n) is 10.2. The number of aromatic hydroxyl groups is 1. The van der Waals surface area contributed by atoms with E-state index in [1.54, 1.807) is 6.07 Å². The molecule has 2 aliphatic heterocycles. The van der Waals surface area contributed by atoms with Gasteiger partial charge in [0.05, 0.1) is 37.8 Å². The number of aliphatic hydroxyl groups is 3. The molecule has 150 valence electrons. The Labute approximate surface area is 162 Å². The van der Waals surface area contributed by atoms with E-state index in [2.05, 4.69) is 7.05 Å². The smallest absolute Gasteiger partial charge is 0.177 e. The van der Waals surface area contributed by atoms with Gasteiger partial charge in [-0.15, -0.1) is 0 Å². The van der Waals surface area contributed by atoms with Crippen molar-refractivity contribution in [2.75, 3.05) is 20.1 Å². The lowest BCUT2D eigenvalue weighted by atomic mass is 9.47. The third-order valence-corrected chi connectivity index (χ3v) is 8.49. The maximum Gasteiger partial charge on any atom is 0.177 e. The molecule has 2 bridgehead atoms. The maximum atomic E-state index is 12.9. The largest absolute Gasteiger partial charge is 0.504 e. The van der Waals surface area contributed by atoms with Gasteiger partial charge in [0.15, 0.2) is 29.0 Å². The van der Waals surface area contributed by atoms with Crippen LogP contribution in [0.1, 0.15) is 30.4 Å². The van der Waals surface area contributed by atoms with Crippen LogP contribution in [0.2, 0.25) is 0 Å². The molecule has 28 heavy (non-hydrogen) atoms. The standard InChI is InChI=1S/C21H25NO6/c1-22(9-11-6-13(11)24)5-4-20-17-10-2-3-12(23)18(17)28-19(20)14(25)8-16(26)21(20,27)15(22)7-10/h2-3,11,13,15-16,19,24,26-27H,4-9H2,1H3/p+1/t11?,13?,15-,16?,19+,20+,21+,22-/m1/s1. The quantitative estimate of drug-likeness (QED) is 0.514. The highest BCUT2D eigenvalue weighted by Crippen LogP contribution is 2.65. The fourth-order valence-corrected chi connectivity index (χ4v) is 7.05. The topological polar surface area (TPSA) is 107 Å². The first kappa shape index (κ1) is 17.2. The summed E-state index contributed by atoms with van der Waals surface area (Å²) in [5.74, 6) is 0.288. The molecule has 0 aromatic heterocycles. The molecular formula is C21H26NO6+. The molecule has 1 saturated heterocycles. The van der Waals surface area contributed by atoms with Gasteiger partial charge in [0.2, 0.25) is 0 Å². The number of ether oxygens (including phenoxy) is 1. The minimum atomic E-state index is -1.51. The van der Waals surface area contributed by atoms with E-state index in [9.17, 15) is 25.2 Å². The Hall–Kier alpha value is -1.67. The van der Waals surface area contributed by atoms with Gasteiger partial charge in [-0.2, -0.15) is 0 Å². The molecule has 2 saturated carbocycles. The van der Waals surface area contributed by atoms with Crippen molar-refractivity contribution < 1.29 is 34.4 Å². The fourth-order valence-electron chi connectivity index (χ4n) is 7.05. The van der Waals surface area contributed by atoms with Gasteiger partial charge in [-0.05, 0) is 18.1 Å². The van der Waals surface area contributed by atoms with Crippen molar-refractivity contribution in [1.82, 2.24) is 0 Å². The normalized spacial score (nSPS) is 50.1. The second kappa shape index (κ2) is 4.90. The van der Waals surface area contributed by atoms with Gasteiger partial charge in [0, 0.05) is 30.7 Å². The number of hydrogen-bond donors (Lipinski definition) is 4. The van der Waals surface area contributed by atoms with Crippen molar-refractivity contribution in [3.63, 3.8) is 0 Å². The summed E-state index contributed by atoms with van der Waals surface area (Å²) in [4.78, 5) is 12.9. The van der Waals surface area contributed by atoms with E-state index >= 15 is 0 Å². The van der Waals surface area contributed by atoms with Gasteiger partial charge in [0.25, 0.3) is 0 Å². The lowest BCUT2D eigenvalue weighted by Crippen LogP contribution is -2.84. The van der Waals surface area contributed by atoms with Gasteiger partial charge in [0.1, 0.15) is 6.04 Å². The van der Waals surface area contributed by atoms with Gasteiger partial charge in [-0.3, -0.25) is 4.79 Å². The van der Waals surface area contributed by atoms with E-state index in [0.717, 1.165) is 30.6 Å². The van der Waals surface area contributed by atoms with E-state index in [1.807, 2.05) is 6.07 Å². The van der Waals surface area contributed by atoms with Crippen LogP contribution in [0.25, 0.3) is 0 Å². The average molecular weight is 388 g/mol. The average Bonchev–Trinajstić information content (AvgIpc) is 3.18. The number of quaternary nitrogens is 1. The Morgan fingerprint density at radius 3 is 2.75 bits per heavy atom. The summed E-state index contributed by atoms with van der Waals surface area (Å²) in [6.45, 7) is 1.47. The number of likely N-dealkylation sites (tertiary alicyclic amines) is 1. The number of carbonyl (C=O) groups is 1. The molecule has 0 radical (unpaired) electrons. The molecule has 8 atom stereocenters. The predicted molar refractivity (Wildman–Crippen MR) is 96.9 cm³/mol. The number of ketones is 1. The molecule has 5 aliphatic rings. The number of carbonyl (C=O) groups excluding carboxylic acids is 1. The first-order valence-corrected chi connectivity index (χ1v) is 10.2. The Kier molecular flexibility index (Phi) is 3.01. The van der Waals surface area contributed by atoms with Crippen LogP contribution in [0.3, 0.4) is 0 Å². The number of likely N-dealkylation sites (N-methyl/N-ethyl adjacent to an activating group) is 1. The minimum Gasteiger partial charge on any atom is -0.504 e. The monoisotopic (exact) mass is 388 g/mol. The van der Waals surface area contributed by atoms with E-state index < -0.39 is 23.2 Å². The zero-order valence-electron chi connectivity index (χ0n) is 15.8. The van der Waals surface area contributed by atoms with Crippen molar-refractivity contribution in [3.8, 4) is 11.5 Å². The third kappa shape index (κ3) is 1.70. The molecule has 4 N–H and O–H groups in total. The number of Topliss-reactive ketones (excluding diaryl/α,β-unsaturated/α-hetero) is 1. The second-order valence-corrected chi connectivity index (χ2v) is 9.85. The van der Waals surface area contributed by atoms with Crippen molar-refractivity contribution in [2.45, 2.75) is 61.1 Å². The first-order chi connectivity index (χ1) is 13.2. The van der Waals surface area contributed by atoms with Gasteiger partial charge in [-0.25, -0.2) is 0 Å². The van der Waals surface area contributed by atoms with Crippen LogP contribution in [0, 0.1) is 5.92 Å². The number of rotatable bonds is 2. The summed E-state index contributed by atoms with van der Waals surface area (Å²) in [6.07, 6.45) is -0.641. The minimum absolute atomic E-state index is 0.0189. The SMILES string of the molecule is C[N@+]1(CC2CC2O)CC[C@]23c4c5ccc(O)c4O[C@H]2C(=O)CC(O)[C@@]3(O)[C@H]1C5. The van der Waals surface area contributed by atoms with Gasteiger partial charge < -0.3 is 29.6 Å². The molecule has 3 aliphatic carbocycles. The van der Waals surface area contributed by atoms with E-state index in [-0.39, 0.29) is 36.0 Å². The summed E-state index contributed by atoms with van der Waals surface area (Å²) in [5.41, 5.74) is -0.827. The number of hydrogen-bond acceptors (Lipinski definition) is 6. The molecule has 7 nitrogen and oxygen atoms in total. The molecule has 2 heterocycles. The Morgan fingerprint density at radius 2 is 2.04 bits per heavy atom. The van der Waals surface area contributed by atoms with Gasteiger partial charge >= 0.3 is 0 Å². The molecule has 1 spiro atoms. The van der Waals surface area contributed by atoms with Crippen molar-refractivity contribution in [1.29, 1.82) is 0 Å². The van der Waals surface area contributed by atoms with Crippen molar-refractivity contribution >= 4 is 5.78 Å². The lowest BCUT2D eigenvalue weighted by Gasteiger charge is -2.65. The summed E-state index contributed by atoms with van der Waals surface area (Å²) < 4.78 is 6.56. The Bertz CT molecular complexity index is 918. The van der Waals surface area contributed by atoms with Crippen molar-refractivity contribution in [3.05, 3.63) is 23.3 Å². The third-order valence-electron chi connectivity index (χ3n) is 8.49. The molecule has 1 aromatic rings. The van der Waals surface area contributed by atoms with Gasteiger partial charge in [-0.1, -0.05) is 6.07 Å². The van der Waals surface area contributed by atoms with E-state index in [0.29, 0.717) is 23.1 Å². The zero-order valence-corrected chi connectivity index (χ0v) is 15.8. The van der Waals surface area contributed by atoms with Crippen LogP contribution < -0.4 is 4.74 Å².